The predicted octanol–water partition coefficient (Wildman–Crippen LogP) is 4.63. The van der Waals surface area contributed by atoms with Crippen LogP contribution < -0.4 is 24.3 Å². The second-order valence-corrected chi connectivity index (χ2v) is 7.09. The van der Waals surface area contributed by atoms with Crippen LogP contribution in [0, 0.1) is 0 Å². The largest absolute Gasteiger partial charge is 0.494 e. The number of para-hydroxylation sites is 2. The molecule has 0 atom stereocenters. The van der Waals surface area contributed by atoms with Crippen molar-refractivity contribution in [2.75, 3.05) is 26.9 Å². The highest BCUT2D eigenvalue weighted by Crippen LogP contribution is 2.25. The van der Waals surface area contributed by atoms with Gasteiger partial charge in [0, 0.05) is 6.54 Å². The molecule has 0 aromatic heterocycles. The number of carbonyl (C=O) groups is 1. The molecule has 1 N–H and O–H groups in total. The maximum Gasteiger partial charge on any atom is 0.257 e. The predicted molar refractivity (Wildman–Crippen MR) is 123 cm³/mol. The number of carbonyl (C=O) groups excluding carboxylic acids is 1. The summed E-state index contributed by atoms with van der Waals surface area (Å²) < 4.78 is 22.2. The summed E-state index contributed by atoms with van der Waals surface area (Å²) in [4.78, 5) is 11.9. The van der Waals surface area contributed by atoms with Gasteiger partial charge in [0.2, 0.25) is 0 Å². The average molecular weight is 436 g/mol. The van der Waals surface area contributed by atoms with Crippen LogP contribution in [-0.4, -0.2) is 32.8 Å². The van der Waals surface area contributed by atoms with Gasteiger partial charge in [0.05, 0.1) is 13.7 Å². The number of ether oxygens (including phenoxy) is 4. The molecule has 1 amide bonds. The van der Waals surface area contributed by atoms with Gasteiger partial charge in [0.1, 0.15) is 18.1 Å². The molecular weight excluding hydrogens is 406 g/mol. The molecule has 3 aromatic rings. The second kappa shape index (κ2) is 12.9. The van der Waals surface area contributed by atoms with E-state index in [0.717, 1.165) is 29.9 Å². The molecule has 0 saturated carbocycles. The maximum absolute atomic E-state index is 11.9. The van der Waals surface area contributed by atoms with E-state index < -0.39 is 0 Å². The number of hydrogen-bond acceptors (Lipinski definition) is 5. The van der Waals surface area contributed by atoms with Crippen LogP contribution in [0.4, 0.5) is 0 Å². The number of methoxy groups -OCH3 is 1. The maximum atomic E-state index is 11.9. The van der Waals surface area contributed by atoms with E-state index in [1.165, 1.54) is 0 Å². The normalized spacial score (nSPS) is 10.3. The van der Waals surface area contributed by atoms with Crippen LogP contribution >= 0.6 is 0 Å². The van der Waals surface area contributed by atoms with Crippen LogP contribution in [0.5, 0.6) is 23.0 Å². The minimum Gasteiger partial charge on any atom is -0.494 e. The highest BCUT2D eigenvalue weighted by molar-refractivity contribution is 5.77. The number of nitrogens with one attached hydrogen (secondary N) is 1. The van der Waals surface area contributed by atoms with E-state index >= 15 is 0 Å². The minimum atomic E-state index is -0.164. The average Bonchev–Trinajstić information content (AvgIpc) is 2.85. The summed E-state index contributed by atoms with van der Waals surface area (Å²) in [6.45, 7) is 1.65. The molecule has 0 saturated heterocycles. The van der Waals surface area contributed by atoms with E-state index in [2.05, 4.69) is 5.32 Å². The van der Waals surface area contributed by atoms with Crippen LogP contribution in [0.3, 0.4) is 0 Å². The van der Waals surface area contributed by atoms with Crippen molar-refractivity contribution in [2.45, 2.75) is 19.4 Å². The molecule has 3 rings (SSSR count). The van der Waals surface area contributed by atoms with Gasteiger partial charge in [0.25, 0.3) is 5.91 Å². The second-order valence-electron chi connectivity index (χ2n) is 7.09. The lowest BCUT2D eigenvalue weighted by Crippen LogP contribution is -2.29. The molecule has 0 aliphatic heterocycles. The van der Waals surface area contributed by atoms with Crippen molar-refractivity contribution in [1.82, 2.24) is 5.32 Å². The quantitative estimate of drug-likeness (QED) is 0.397. The molecule has 3 aromatic carbocycles. The summed E-state index contributed by atoms with van der Waals surface area (Å²) in [5.74, 6) is 2.59. The third-order valence-electron chi connectivity index (χ3n) is 4.66. The first-order valence-electron chi connectivity index (χ1n) is 10.7. The van der Waals surface area contributed by atoms with Gasteiger partial charge in [-0.3, -0.25) is 4.79 Å². The smallest absolute Gasteiger partial charge is 0.257 e. The third kappa shape index (κ3) is 7.87. The molecule has 0 aliphatic carbocycles. The Balaban J connectivity index is 1.25. The molecule has 0 unspecified atom stereocenters. The number of rotatable bonds is 13. The molecule has 168 valence electrons. The van der Waals surface area contributed by atoms with Crippen molar-refractivity contribution in [1.29, 1.82) is 0 Å². The Morgan fingerprint density at radius 3 is 2.12 bits per heavy atom. The van der Waals surface area contributed by atoms with Crippen LogP contribution in [0.2, 0.25) is 0 Å². The molecule has 0 radical (unpaired) electrons. The van der Waals surface area contributed by atoms with Crippen LogP contribution in [0.1, 0.15) is 18.4 Å². The third-order valence-corrected chi connectivity index (χ3v) is 4.66. The lowest BCUT2D eigenvalue weighted by molar-refractivity contribution is -0.123. The standard InChI is InChI=1S/C26H29NO5/c1-29-24-11-5-6-12-25(24)32-20-26(28)27-17-7-8-18-30-22-13-15-23(16-14-22)31-19-21-9-3-2-4-10-21/h2-6,9-16H,7-8,17-20H2,1H3,(H,27,28). The van der Waals surface area contributed by atoms with Crippen molar-refractivity contribution < 1.29 is 23.7 Å². The Bertz CT molecular complexity index is 944. The zero-order valence-electron chi connectivity index (χ0n) is 18.3. The van der Waals surface area contributed by atoms with E-state index in [-0.39, 0.29) is 12.5 Å². The summed E-state index contributed by atoms with van der Waals surface area (Å²) >= 11 is 0. The number of amides is 1. The van der Waals surface area contributed by atoms with E-state index in [4.69, 9.17) is 18.9 Å². The van der Waals surface area contributed by atoms with Gasteiger partial charge in [-0.1, -0.05) is 42.5 Å². The van der Waals surface area contributed by atoms with Crippen LogP contribution in [0.25, 0.3) is 0 Å². The molecular formula is C26H29NO5. The zero-order chi connectivity index (χ0) is 22.4. The van der Waals surface area contributed by atoms with E-state index in [1.807, 2.05) is 66.7 Å². The topological polar surface area (TPSA) is 66.0 Å². The fourth-order valence-electron chi connectivity index (χ4n) is 2.95. The van der Waals surface area contributed by atoms with Gasteiger partial charge in [-0.05, 0) is 54.8 Å². The first kappa shape index (κ1) is 23.0. The van der Waals surface area contributed by atoms with Crippen molar-refractivity contribution in [3.8, 4) is 23.0 Å². The molecule has 6 nitrogen and oxygen atoms in total. The molecule has 0 aliphatic rings. The molecule has 0 heterocycles. The summed E-state index contributed by atoms with van der Waals surface area (Å²) in [6, 6.07) is 24.9. The van der Waals surface area contributed by atoms with Gasteiger partial charge in [-0.15, -0.1) is 0 Å². The highest BCUT2D eigenvalue weighted by atomic mass is 16.5. The number of hydrogen-bond donors (Lipinski definition) is 1. The number of unbranched alkanes of at least 4 members (excludes halogenated alkanes) is 1. The van der Waals surface area contributed by atoms with Crippen molar-refractivity contribution >= 4 is 5.91 Å². The monoisotopic (exact) mass is 435 g/mol. The minimum absolute atomic E-state index is 0.0461. The SMILES string of the molecule is COc1ccccc1OCC(=O)NCCCCOc1ccc(OCc2ccccc2)cc1. The zero-order valence-corrected chi connectivity index (χ0v) is 18.3. The fourth-order valence-corrected chi connectivity index (χ4v) is 2.95. The molecule has 32 heavy (non-hydrogen) atoms. The van der Waals surface area contributed by atoms with Crippen molar-refractivity contribution in [2.24, 2.45) is 0 Å². The van der Waals surface area contributed by atoms with Crippen molar-refractivity contribution in [3.63, 3.8) is 0 Å². The van der Waals surface area contributed by atoms with Gasteiger partial charge in [-0.2, -0.15) is 0 Å². The molecule has 0 fully saturated rings. The lowest BCUT2D eigenvalue weighted by Gasteiger charge is -2.11. The van der Waals surface area contributed by atoms with Crippen LogP contribution in [0.15, 0.2) is 78.9 Å². The van der Waals surface area contributed by atoms with Gasteiger partial charge in [0.15, 0.2) is 18.1 Å². The lowest BCUT2D eigenvalue weighted by atomic mass is 10.2. The molecule has 0 spiro atoms. The summed E-state index contributed by atoms with van der Waals surface area (Å²) in [5.41, 5.74) is 1.13. The van der Waals surface area contributed by atoms with E-state index in [1.54, 1.807) is 19.2 Å². The first-order chi connectivity index (χ1) is 15.7. The Kier molecular flexibility index (Phi) is 9.27. The van der Waals surface area contributed by atoms with E-state index in [9.17, 15) is 4.79 Å². The summed E-state index contributed by atoms with van der Waals surface area (Å²) in [5, 5.41) is 2.85. The van der Waals surface area contributed by atoms with Gasteiger partial charge < -0.3 is 24.3 Å². The Labute approximate surface area is 189 Å². The fraction of sp³-hybridized carbons (Fsp3) is 0.269. The molecule has 6 heteroatoms. The Hall–Kier alpha value is -3.67. The molecule has 0 bridgehead atoms. The first-order valence-corrected chi connectivity index (χ1v) is 10.7. The number of benzene rings is 3. The summed E-state index contributed by atoms with van der Waals surface area (Å²) in [7, 11) is 1.57. The van der Waals surface area contributed by atoms with Gasteiger partial charge >= 0.3 is 0 Å². The van der Waals surface area contributed by atoms with E-state index in [0.29, 0.717) is 31.3 Å². The Morgan fingerprint density at radius 1 is 0.750 bits per heavy atom. The van der Waals surface area contributed by atoms with Crippen LogP contribution in [-0.2, 0) is 11.4 Å². The van der Waals surface area contributed by atoms with Gasteiger partial charge in [-0.25, -0.2) is 0 Å². The van der Waals surface area contributed by atoms with Crippen molar-refractivity contribution in [3.05, 3.63) is 84.4 Å². The Morgan fingerprint density at radius 2 is 1.41 bits per heavy atom. The highest BCUT2D eigenvalue weighted by Gasteiger charge is 2.06. The summed E-state index contributed by atoms with van der Waals surface area (Å²) in [6.07, 6.45) is 1.65.